The summed E-state index contributed by atoms with van der Waals surface area (Å²) in [5, 5.41) is 17.8. The maximum atomic E-state index is 8.90. The monoisotopic (exact) mass is 396 g/mol. The summed E-state index contributed by atoms with van der Waals surface area (Å²) in [4.78, 5) is 0. The van der Waals surface area contributed by atoms with Crippen molar-refractivity contribution in [1.29, 1.82) is 0 Å². The average molecular weight is 397 g/mol. The largest absolute Gasteiger partial charge is 0.396 e. The summed E-state index contributed by atoms with van der Waals surface area (Å²) in [6.45, 7) is 13.9. The van der Waals surface area contributed by atoms with Crippen LogP contribution in [0.5, 0.6) is 0 Å². The fourth-order valence-corrected chi connectivity index (χ4v) is 3.60. The zero-order valence-corrected chi connectivity index (χ0v) is 20.1. The summed E-state index contributed by atoms with van der Waals surface area (Å²) >= 11 is 0. The van der Waals surface area contributed by atoms with Crippen LogP contribution in [0, 0.1) is 11.8 Å². The first-order chi connectivity index (χ1) is 13.5. The Labute approximate surface area is 177 Å². The molecule has 0 aromatic rings. The van der Waals surface area contributed by atoms with E-state index < -0.39 is 0 Å². The van der Waals surface area contributed by atoms with E-state index in [0.29, 0.717) is 25.0 Å². The van der Waals surface area contributed by atoms with E-state index in [2.05, 4.69) is 53.7 Å². The average Bonchev–Trinajstić information content (AvgIpc) is 2.70. The van der Waals surface area contributed by atoms with E-state index in [1.165, 1.54) is 62.5 Å². The van der Waals surface area contributed by atoms with Gasteiger partial charge in [0, 0.05) is 13.2 Å². The number of aliphatic hydroxyl groups is 2. The Balaban J connectivity index is 0. The van der Waals surface area contributed by atoms with Crippen molar-refractivity contribution in [3.05, 3.63) is 23.3 Å². The lowest BCUT2D eigenvalue weighted by molar-refractivity contribution is 0.264. The van der Waals surface area contributed by atoms with Crippen molar-refractivity contribution in [1.82, 2.24) is 0 Å². The first-order valence-electron chi connectivity index (χ1n) is 12.1. The first kappa shape index (κ1) is 29.6. The molecule has 0 radical (unpaired) electrons. The molecule has 0 bridgehead atoms. The van der Waals surface area contributed by atoms with Gasteiger partial charge in [0.2, 0.25) is 0 Å². The van der Waals surface area contributed by atoms with Gasteiger partial charge in [-0.3, -0.25) is 0 Å². The van der Waals surface area contributed by atoms with Gasteiger partial charge in [0.05, 0.1) is 0 Å². The summed E-state index contributed by atoms with van der Waals surface area (Å²) < 4.78 is 0. The molecular weight excluding hydrogens is 344 g/mol. The number of hydrogen-bond donors (Lipinski definition) is 2. The van der Waals surface area contributed by atoms with Gasteiger partial charge in [-0.25, -0.2) is 0 Å². The summed E-state index contributed by atoms with van der Waals surface area (Å²) in [5.41, 5.74) is 2.94. The van der Waals surface area contributed by atoms with Gasteiger partial charge < -0.3 is 10.2 Å². The highest BCUT2D eigenvalue weighted by Crippen LogP contribution is 2.20. The third-order valence-corrected chi connectivity index (χ3v) is 5.78. The lowest BCUT2D eigenvalue weighted by Gasteiger charge is -2.14. The Kier molecular flexibility index (Phi) is 24.0. The maximum Gasteiger partial charge on any atom is 0.0436 e. The van der Waals surface area contributed by atoms with Crippen molar-refractivity contribution >= 4 is 0 Å². The topological polar surface area (TPSA) is 40.5 Å². The van der Waals surface area contributed by atoms with Crippen LogP contribution < -0.4 is 0 Å². The van der Waals surface area contributed by atoms with Crippen LogP contribution >= 0.6 is 0 Å². The second-order valence-corrected chi connectivity index (χ2v) is 8.12. The van der Waals surface area contributed by atoms with Gasteiger partial charge in [0.25, 0.3) is 0 Å². The molecule has 0 aromatic carbocycles. The molecule has 0 aliphatic rings. The van der Waals surface area contributed by atoms with Crippen molar-refractivity contribution in [2.45, 2.75) is 119 Å². The fraction of sp³-hybridized carbons (Fsp3) is 0.846. The molecule has 0 aromatic heterocycles. The van der Waals surface area contributed by atoms with E-state index in [1.54, 1.807) is 0 Å². The molecule has 0 aliphatic carbocycles. The normalized spacial score (nSPS) is 14.4. The number of allylic oxidation sites excluding steroid dienone is 4. The van der Waals surface area contributed by atoms with E-state index in [0.717, 1.165) is 25.7 Å². The Morgan fingerprint density at radius 1 is 0.643 bits per heavy atom. The molecule has 2 nitrogen and oxygen atoms in total. The number of hydrogen-bond acceptors (Lipinski definition) is 2. The van der Waals surface area contributed by atoms with Crippen LogP contribution in [0.15, 0.2) is 23.3 Å². The Hall–Kier alpha value is -0.600. The molecule has 0 saturated carbocycles. The highest BCUT2D eigenvalue weighted by molar-refractivity contribution is 5.03. The molecule has 0 heterocycles. The minimum Gasteiger partial charge on any atom is -0.396 e. The highest BCUT2D eigenvalue weighted by atomic mass is 16.3. The maximum absolute atomic E-state index is 8.90. The molecule has 2 N–H and O–H groups in total. The molecule has 2 heteroatoms. The van der Waals surface area contributed by atoms with Gasteiger partial charge in [-0.15, -0.1) is 0 Å². The first-order valence-corrected chi connectivity index (χ1v) is 12.1. The quantitative estimate of drug-likeness (QED) is 0.206. The van der Waals surface area contributed by atoms with Crippen LogP contribution in [0.25, 0.3) is 0 Å². The van der Waals surface area contributed by atoms with Gasteiger partial charge in [0.15, 0.2) is 0 Å². The van der Waals surface area contributed by atoms with Crippen LogP contribution in [0.1, 0.15) is 119 Å². The van der Waals surface area contributed by atoms with Crippen molar-refractivity contribution in [2.24, 2.45) is 11.8 Å². The number of aliphatic hydroxyl groups excluding tert-OH is 2. The predicted octanol–water partition coefficient (Wildman–Crippen LogP) is 7.84. The van der Waals surface area contributed by atoms with E-state index in [-0.39, 0.29) is 0 Å². The van der Waals surface area contributed by atoms with Crippen molar-refractivity contribution in [2.75, 3.05) is 13.2 Å². The molecule has 0 fully saturated rings. The standard InChI is InChI=1S/2C13H26O/c2*1-4-6-7-8-9-12(3)13(5-2)10-11-14/h2*9,13-14H,4-8,10-11H2,1-3H3/b2*12-9+. The highest BCUT2D eigenvalue weighted by Gasteiger charge is 2.07. The second-order valence-electron chi connectivity index (χ2n) is 8.12. The zero-order chi connectivity index (χ0) is 21.6. The van der Waals surface area contributed by atoms with E-state index in [1.807, 2.05) is 0 Å². The Morgan fingerprint density at radius 2 is 1.00 bits per heavy atom. The lowest BCUT2D eigenvalue weighted by Crippen LogP contribution is -2.03. The van der Waals surface area contributed by atoms with Crippen molar-refractivity contribution in [3.8, 4) is 0 Å². The van der Waals surface area contributed by atoms with Crippen LogP contribution in [0.4, 0.5) is 0 Å². The van der Waals surface area contributed by atoms with Gasteiger partial charge in [-0.05, 0) is 77.0 Å². The summed E-state index contributed by atoms with van der Waals surface area (Å²) in [6, 6.07) is 0. The van der Waals surface area contributed by atoms with Crippen molar-refractivity contribution < 1.29 is 10.2 Å². The molecule has 0 amide bonds. The lowest BCUT2D eigenvalue weighted by atomic mass is 9.93. The Bertz CT molecular complexity index is 335. The van der Waals surface area contributed by atoms with E-state index in [9.17, 15) is 0 Å². The van der Waals surface area contributed by atoms with Gasteiger partial charge in [-0.1, -0.05) is 76.7 Å². The van der Waals surface area contributed by atoms with Crippen LogP contribution in [0.3, 0.4) is 0 Å². The minimum atomic E-state index is 0.318. The van der Waals surface area contributed by atoms with Crippen molar-refractivity contribution in [3.63, 3.8) is 0 Å². The molecule has 2 atom stereocenters. The summed E-state index contributed by atoms with van der Waals surface area (Å²) in [5.74, 6) is 1.20. The van der Waals surface area contributed by atoms with Gasteiger partial charge in [-0.2, -0.15) is 0 Å². The van der Waals surface area contributed by atoms with E-state index >= 15 is 0 Å². The van der Waals surface area contributed by atoms with Gasteiger partial charge in [0.1, 0.15) is 0 Å². The number of rotatable bonds is 16. The Morgan fingerprint density at radius 3 is 1.25 bits per heavy atom. The molecule has 0 rings (SSSR count). The summed E-state index contributed by atoms with van der Waals surface area (Å²) in [6.07, 6.45) is 19.2. The molecular formula is C26H52O2. The smallest absolute Gasteiger partial charge is 0.0436 e. The molecule has 2 unspecified atom stereocenters. The minimum absolute atomic E-state index is 0.318. The molecule has 0 spiro atoms. The second kappa shape index (κ2) is 22.7. The third kappa shape index (κ3) is 17.5. The number of unbranched alkanes of at least 4 members (excludes halogenated alkanes) is 6. The third-order valence-electron chi connectivity index (χ3n) is 5.78. The van der Waals surface area contributed by atoms with Crippen LogP contribution in [-0.4, -0.2) is 23.4 Å². The van der Waals surface area contributed by atoms with Gasteiger partial charge >= 0.3 is 0 Å². The molecule has 0 saturated heterocycles. The zero-order valence-electron chi connectivity index (χ0n) is 20.1. The molecule has 168 valence electrons. The SMILES string of the molecule is CCCCC/C=C(\C)C(CC)CCO.CCCCC/C=C(\C)C(CC)CCO. The predicted molar refractivity (Wildman–Crippen MR) is 127 cm³/mol. The molecule has 0 aliphatic heterocycles. The van der Waals surface area contributed by atoms with Crippen LogP contribution in [0.2, 0.25) is 0 Å². The van der Waals surface area contributed by atoms with Crippen LogP contribution in [-0.2, 0) is 0 Å². The summed E-state index contributed by atoms with van der Waals surface area (Å²) in [7, 11) is 0. The van der Waals surface area contributed by atoms with E-state index in [4.69, 9.17) is 10.2 Å². The molecule has 28 heavy (non-hydrogen) atoms. The fourth-order valence-electron chi connectivity index (χ4n) is 3.60.